The van der Waals surface area contributed by atoms with Crippen molar-refractivity contribution < 1.29 is 23.8 Å². The van der Waals surface area contributed by atoms with Crippen LogP contribution in [-0.2, 0) is 21.5 Å². The van der Waals surface area contributed by atoms with Crippen molar-refractivity contribution in [1.29, 1.82) is 0 Å². The highest BCUT2D eigenvalue weighted by Gasteiger charge is 2.47. The highest BCUT2D eigenvalue weighted by atomic mass is 16.5. The van der Waals surface area contributed by atoms with Gasteiger partial charge in [-0.05, 0) is 47.4 Å². The Labute approximate surface area is 192 Å². The number of likely N-dealkylation sites (tertiary alicyclic amines) is 1. The van der Waals surface area contributed by atoms with Crippen molar-refractivity contribution in [3.05, 3.63) is 89.1 Å². The Morgan fingerprint density at radius 3 is 2.55 bits per heavy atom. The van der Waals surface area contributed by atoms with E-state index >= 15 is 0 Å². The molecule has 0 saturated carbocycles. The first-order valence-electron chi connectivity index (χ1n) is 10.6. The van der Waals surface area contributed by atoms with E-state index in [0.29, 0.717) is 22.8 Å². The van der Waals surface area contributed by atoms with Crippen molar-refractivity contribution in [2.24, 2.45) is 0 Å². The lowest BCUT2D eigenvalue weighted by atomic mass is 9.85. The molecular weight excluding hydrogens is 420 g/mol. The number of hydrogen-bond donors (Lipinski definition) is 1. The molecule has 0 bridgehead atoms. The lowest BCUT2D eigenvalue weighted by Crippen LogP contribution is -2.29. The monoisotopic (exact) mass is 446 g/mol. The van der Waals surface area contributed by atoms with Gasteiger partial charge in [0.25, 0.3) is 11.7 Å². The molecule has 0 aliphatic carbocycles. The molecule has 1 aliphatic heterocycles. The molecule has 170 valence electrons. The lowest BCUT2D eigenvalue weighted by Gasteiger charge is -2.24. The van der Waals surface area contributed by atoms with E-state index < -0.39 is 17.7 Å². The second kappa shape index (κ2) is 8.58. The van der Waals surface area contributed by atoms with Crippen LogP contribution in [0.3, 0.4) is 0 Å². The maximum absolute atomic E-state index is 13.2. The minimum Gasteiger partial charge on any atom is -0.507 e. The maximum atomic E-state index is 13.2. The predicted molar refractivity (Wildman–Crippen MR) is 122 cm³/mol. The van der Waals surface area contributed by atoms with Crippen LogP contribution in [0.25, 0.3) is 5.76 Å². The Hall–Kier alpha value is -3.87. The minimum atomic E-state index is -0.898. The van der Waals surface area contributed by atoms with Crippen LogP contribution in [-0.4, -0.2) is 33.8 Å². The molecule has 1 fully saturated rings. The predicted octanol–water partition coefficient (Wildman–Crippen LogP) is 4.60. The normalized spacial score (nSPS) is 18.1. The molecule has 1 unspecified atom stereocenters. The fourth-order valence-corrected chi connectivity index (χ4v) is 3.96. The van der Waals surface area contributed by atoms with Crippen molar-refractivity contribution in [3.8, 4) is 5.75 Å². The minimum absolute atomic E-state index is 0.0461. The van der Waals surface area contributed by atoms with E-state index in [1.807, 2.05) is 32.9 Å². The Morgan fingerprint density at radius 1 is 1.15 bits per heavy atom. The largest absolute Gasteiger partial charge is 0.507 e. The van der Waals surface area contributed by atoms with Gasteiger partial charge in [0.05, 0.1) is 36.7 Å². The third kappa shape index (κ3) is 4.14. The number of nitrogens with zero attached hydrogens (tertiary/aromatic N) is 2. The average molecular weight is 447 g/mol. The van der Waals surface area contributed by atoms with Crippen LogP contribution in [0.4, 0.5) is 0 Å². The van der Waals surface area contributed by atoms with Crippen molar-refractivity contribution in [1.82, 2.24) is 9.88 Å². The second-order valence-electron chi connectivity index (χ2n) is 8.93. The van der Waals surface area contributed by atoms with Crippen LogP contribution >= 0.6 is 0 Å². The number of methoxy groups -OCH3 is 1. The number of Topliss-reactive ketones (excluding diaryl/α,β-unsaturated/α-hetero) is 1. The van der Waals surface area contributed by atoms with E-state index in [-0.39, 0.29) is 23.3 Å². The number of carbonyl (C=O) groups is 2. The Kier molecular flexibility index (Phi) is 5.80. The van der Waals surface area contributed by atoms with E-state index in [4.69, 9.17) is 9.15 Å². The second-order valence-corrected chi connectivity index (χ2v) is 8.93. The standard InChI is InChI=1S/C26H26N2O5/c1-26(2,3)16-10-11-19(32-4)18(14-16)23(29)21-22(20-9-7-13-33-20)28(25(31)24(21)30)15-17-8-5-6-12-27-17/h5-14,22,29H,15H2,1-4H3/b23-21+. The summed E-state index contributed by atoms with van der Waals surface area (Å²) in [5.41, 5.74) is 1.66. The first kappa shape index (κ1) is 22.3. The highest BCUT2D eigenvalue weighted by molar-refractivity contribution is 6.46. The Balaban J connectivity index is 1.89. The summed E-state index contributed by atoms with van der Waals surface area (Å²) in [6.07, 6.45) is 3.09. The molecule has 3 aromatic rings. The lowest BCUT2D eigenvalue weighted by molar-refractivity contribution is -0.140. The number of benzene rings is 1. The number of aliphatic hydroxyl groups is 1. The molecule has 7 nitrogen and oxygen atoms in total. The van der Waals surface area contributed by atoms with E-state index in [2.05, 4.69) is 4.98 Å². The quantitative estimate of drug-likeness (QED) is 0.350. The summed E-state index contributed by atoms with van der Waals surface area (Å²) in [4.78, 5) is 31.9. The number of aliphatic hydroxyl groups excluding tert-OH is 1. The van der Waals surface area contributed by atoms with Gasteiger partial charge in [-0.15, -0.1) is 0 Å². The van der Waals surface area contributed by atoms with Crippen LogP contribution in [0.5, 0.6) is 5.75 Å². The van der Waals surface area contributed by atoms with Gasteiger partial charge in [0.1, 0.15) is 23.3 Å². The number of carbonyl (C=O) groups excluding carboxylic acids is 2. The number of aromatic nitrogens is 1. The smallest absolute Gasteiger partial charge is 0.296 e. The molecule has 2 aromatic heterocycles. The SMILES string of the molecule is COc1ccc(C(C)(C)C)cc1/C(O)=C1\C(=O)C(=O)N(Cc2ccccn2)C1c1ccco1. The first-order chi connectivity index (χ1) is 15.7. The van der Waals surface area contributed by atoms with Crippen molar-refractivity contribution in [2.75, 3.05) is 7.11 Å². The molecule has 0 radical (unpaired) electrons. The molecule has 1 saturated heterocycles. The van der Waals surface area contributed by atoms with Crippen LogP contribution in [0.15, 0.2) is 71.0 Å². The molecule has 1 aliphatic rings. The van der Waals surface area contributed by atoms with E-state index in [9.17, 15) is 14.7 Å². The van der Waals surface area contributed by atoms with Crippen LogP contribution < -0.4 is 4.74 Å². The number of pyridine rings is 1. The molecule has 1 aromatic carbocycles. The molecule has 7 heteroatoms. The van der Waals surface area contributed by atoms with Crippen molar-refractivity contribution in [2.45, 2.75) is 38.8 Å². The third-order valence-corrected chi connectivity index (χ3v) is 5.73. The van der Waals surface area contributed by atoms with Crippen LogP contribution in [0.2, 0.25) is 0 Å². The van der Waals surface area contributed by atoms with Crippen molar-refractivity contribution in [3.63, 3.8) is 0 Å². The van der Waals surface area contributed by atoms with Gasteiger partial charge in [-0.2, -0.15) is 0 Å². The Bertz CT molecular complexity index is 1210. The molecule has 1 atom stereocenters. The molecular formula is C26H26N2O5. The van der Waals surface area contributed by atoms with Crippen molar-refractivity contribution >= 4 is 17.4 Å². The summed E-state index contributed by atoms with van der Waals surface area (Å²) in [5.74, 6) is -1.05. The summed E-state index contributed by atoms with van der Waals surface area (Å²) >= 11 is 0. The van der Waals surface area contributed by atoms with Crippen LogP contribution in [0.1, 0.15) is 49.4 Å². The fourth-order valence-electron chi connectivity index (χ4n) is 3.96. The van der Waals surface area contributed by atoms with E-state index in [1.54, 1.807) is 42.6 Å². The summed E-state index contributed by atoms with van der Waals surface area (Å²) in [5, 5.41) is 11.4. The molecule has 0 spiro atoms. The number of ketones is 1. The molecule has 33 heavy (non-hydrogen) atoms. The van der Waals surface area contributed by atoms with Gasteiger partial charge in [-0.25, -0.2) is 0 Å². The van der Waals surface area contributed by atoms with E-state index in [1.165, 1.54) is 18.3 Å². The average Bonchev–Trinajstić information content (AvgIpc) is 3.41. The highest BCUT2D eigenvalue weighted by Crippen LogP contribution is 2.42. The van der Waals surface area contributed by atoms with Gasteiger partial charge < -0.3 is 19.2 Å². The number of amides is 1. The first-order valence-corrected chi connectivity index (χ1v) is 10.6. The number of rotatable bonds is 5. The maximum Gasteiger partial charge on any atom is 0.296 e. The van der Waals surface area contributed by atoms with Gasteiger partial charge in [0.15, 0.2) is 0 Å². The Morgan fingerprint density at radius 2 is 1.94 bits per heavy atom. The number of ether oxygens (including phenoxy) is 1. The van der Waals surface area contributed by atoms with Crippen LogP contribution in [0, 0.1) is 0 Å². The number of hydrogen-bond acceptors (Lipinski definition) is 6. The topological polar surface area (TPSA) is 92.9 Å². The van der Waals surface area contributed by atoms with Gasteiger partial charge in [-0.3, -0.25) is 14.6 Å². The zero-order valence-electron chi connectivity index (χ0n) is 19.0. The zero-order chi connectivity index (χ0) is 23.8. The molecule has 1 amide bonds. The third-order valence-electron chi connectivity index (χ3n) is 5.73. The summed E-state index contributed by atoms with van der Waals surface area (Å²) in [7, 11) is 1.49. The van der Waals surface area contributed by atoms with Gasteiger partial charge in [-0.1, -0.05) is 32.9 Å². The zero-order valence-corrected chi connectivity index (χ0v) is 19.0. The number of furan rings is 1. The fraction of sp³-hybridized carbons (Fsp3) is 0.269. The van der Waals surface area contributed by atoms with Gasteiger partial charge in [0.2, 0.25) is 0 Å². The summed E-state index contributed by atoms with van der Waals surface area (Å²) in [6.45, 7) is 6.24. The molecule has 3 heterocycles. The molecule has 1 N–H and O–H groups in total. The van der Waals surface area contributed by atoms with E-state index in [0.717, 1.165) is 5.56 Å². The van der Waals surface area contributed by atoms with Gasteiger partial charge >= 0.3 is 0 Å². The summed E-state index contributed by atoms with van der Waals surface area (Å²) < 4.78 is 11.1. The summed E-state index contributed by atoms with van der Waals surface area (Å²) in [6, 6.07) is 13.3. The van der Waals surface area contributed by atoms with Gasteiger partial charge in [0, 0.05) is 6.20 Å². The molecule has 4 rings (SSSR count).